The molecule has 3 heterocycles. The quantitative estimate of drug-likeness (QED) is 0.294. The summed E-state index contributed by atoms with van der Waals surface area (Å²) in [4.78, 5) is 14.7. The lowest BCUT2D eigenvalue weighted by Crippen LogP contribution is -2.35. The van der Waals surface area contributed by atoms with Crippen molar-refractivity contribution in [2.24, 2.45) is 0 Å². The number of aromatic nitrogens is 3. The Balaban J connectivity index is 1.38. The Hall–Kier alpha value is -2.83. The van der Waals surface area contributed by atoms with Crippen molar-refractivity contribution in [2.45, 2.75) is 34.9 Å². The van der Waals surface area contributed by atoms with Crippen LogP contribution in [0.4, 0.5) is 5.69 Å². The molecule has 4 rings (SSSR count). The molecule has 0 unspecified atom stereocenters. The molecule has 1 aromatic carbocycles. The highest BCUT2D eigenvalue weighted by atomic mass is 32.2. The van der Waals surface area contributed by atoms with E-state index in [2.05, 4.69) is 15.2 Å². The van der Waals surface area contributed by atoms with Crippen molar-refractivity contribution in [1.29, 1.82) is 0 Å². The van der Waals surface area contributed by atoms with Crippen molar-refractivity contribution >= 4 is 27.5 Å². The molecule has 1 saturated heterocycles. The molecule has 0 bridgehead atoms. The second-order valence-electron chi connectivity index (χ2n) is 6.89. The first-order chi connectivity index (χ1) is 14.9. The van der Waals surface area contributed by atoms with Crippen molar-refractivity contribution in [3.8, 4) is 11.5 Å². The van der Waals surface area contributed by atoms with Gasteiger partial charge in [0.1, 0.15) is 4.90 Å². The number of hydrogen-bond acceptors (Lipinski definition) is 9. The summed E-state index contributed by atoms with van der Waals surface area (Å²) in [6.07, 6.45) is 4.20. The van der Waals surface area contributed by atoms with E-state index in [9.17, 15) is 18.5 Å². The van der Waals surface area contributed by atoms with Gasteiger partial charge in [-0.2, -0.15) is 4.31 Å². The largest absolute Gasteiger partial charge is 0.420 e. The first-order valence-electron chi connectivity index (χ1n) is 9.60. The van der Waals surface area contributed by atoms with Gasteiger partial charge in [-0.3, -0.25) is 10.1 Å². The molecule has 1 aliphatic heterocycles. The summed E-state index contributed by atoms with van der Waals surface area (Å²) in [6.45, 7) is 1.10. The number of piperidine rings is 1. The van der Waals surface area contributed by atoms with Crippen LogP contribution in [0.15, 0.2) is 56.9 Å². The van der Waals surface area contributed by atoms with E-state index in [1.165, 1.54) is 34.4 Å². The van der Waals surface area contributed by atoms with Crippen LogP contribution in [0.3, 0.4) is 0 Å². The molecule has 2 aromatic heterocycles. The molecule has 10 nitrogen and oxygen atoms in total. The lowest BCUT2D eigenvalue weighted by molar-refractivity contribution is -0.384. The lowest BCUT2D eigenvalue weighted by Gasteiger charge is -2.25. The Morgan fingerprint density at radius 1 is 1.06 bits per heavy atom. The van der Waals surface area contributed by atoms with E-state index < -0.39 is 14.9 Å². The van der Waals surface area contributed by atoms with Crippen molar-refractivity contribution in [2.75, 3.05) is 13.1 Å². The van der Waals surface area contributed by atoms with E-state index in [0.29, 0.717) is 35.3 Å². The van der Waals surface area contributed by atoms with Gasteiger partial charge in [0.2, 0.25) is 21.8 Å². The first kappa shape index (κ1) is 21.4. The van der Waals surface area contributed by atoms with Crippen LogP contribution in [0.2, 0.25) is 0 Å². The zero-order valence-corrected chi connectivity index (χ0v) is 18.0. The van der Waals surface area contributed by atoms with E-state index >= 15 is 0 Å². The molecule has 1 fully saturated rings. The summed E-state index contributed by atoms with van der Waals surface area (Å²) in [5.41, 5.74) is 0.565. The number of thioether (sulfide) groups is 1. The molecule has 0 spiro atoms. The second-order valence-corrected chi connectivity index (χ2v) is 9.82. The molecule has 3 aromatic rings. The van der Waals surface area contributed by atoms with Crippen molar-refractivity contribution < 1.29 is 17.8 Å². The zero-order valence-electron chi connectivity index (χ0n) is 16.4. The van der Waals surface area contributed by atoms with Gasteiger partial charge in [-0.05, 0) is 37.1 Å². The maximum Gasteiger partial charge on any atom is 0.269 e. The van der Waals surface area contributed by atoms with Crippen LogP contribution in [0.25, 0.3) is 11.5 Å². The smallest absolute Gasteiger partial charge is 0.269 e. The SMILES string of the molecule is O=[N+]([O-])c1ccc(-c2nnc(CSc3ccc(S(=O)(=O)N4CCCCC4)cn3)o2)cc1. The number of nitro benzene ring substituents is 1. The Morgan fingerprint density at radius 3 is 2.45 bits per heavy atom. The van der Waals surface area contributed by atoms with Crippen molar-refractivity contribution in [3.05, 3.63) is 58.6 Å². The first-order valence-corrected chi connectivity index (χ1v) is 12.0. The average molecular weight is 462 g/mol. The number of rotatable bonds is 7. The number of hydrogen-bond donors (Lipinski definition) is 0. The minimum Gasteiger partial charge on any atom is -0.420 e. The van der Waals surface area contributed by atoms with Crippen LogP contribution < -0.4 is 0 Å². The highest BCUT2D eigenvalue weighted by Crippen LogP contribution is 2.26. The summed E-state index contributed by atoms with van der Waals surface area (Å²) in [7, 11) is -3.50. The van der Waals surface area contributed by atoms with Gasteiger partial charge in [0.05, 0.1) is 15.7 Å². The lowest BCUT2D eigenvalue weighted by atomic mass is 10.2. The van der Waals surface area contributed by atoms with Gasteiger partial charge in [-0.15, -0.1) is 10.2 Å². The predicted molar refractivity (Wildman–Crippen MR) is 113 cm³/mol. The van der Waals surface area contributed by atoms with E-state index in [4.69, 9.17) is 4.42 Å². The zero-order chi connectivity index (χ0) is 21.8. The number of non-ortho nitro benzene ring substituents is 1. The van der Waals surface area contributed by atoms with E-state index in [0.717, 1.165) is 19.3 Å². The van der Waals surface area contributed by atoms with E-state index in [1.54, 1.807) is 24.3 Å². The van der Waals surface area contributed by atoms with Gasteiger partial charge in [-0.25, -0.2) is 13.4 Å². The summed E-state index contributed by atoms with van der Waals surface area (Å²) in [5.74, 6) is 0.983. The van der Waals surface area contributed by atoms with Crippen LogP contribution in [-0.4, -0.2) is 45.9 Å². The van der Waals surface area contributed by atoms with Crippen LogP contribution >= 0.6 is 11.8 Å². The minimum atomic E-state index is -3.50. The fourth-order valence-electron chi connectivity index (χ4n) is 3.15. The van der Waals surface area contributed by atoms with Gasteiger partial charge in [0.15, 0.2) is 0 Å². The Morgan fingerprint density at radius 2 is 1.81 bits per heavy atom. The Bertz CT molecular complexity index is 1160. The second kappa shape index (κ2) is 9.12. The molecule has 0 aliphatic carbocycles. The van der Waals surface area contributed by atoms with Crippen LogP contribution in [0, 0.1) is 10.1 Å². The number of pyridine rings is 1. The van der Waals surface area contributed by atoms with Crippen LogP contribution in [0.5, 0.6) is 0 Å². The van der Waals surface area contributed by atoms with Crippen molar-refractivity contribution in [1.82, 2.24) is 19.5 Å². The molecule has 0 saturated carbocycles. The maximum absolute atomic E-state index is 12.7. The molecule has 0 N–H and O–H groups in total. The molecule has 12 heteroatoms. The summed E-state index contributed by atoms with van der Waals surface area (Å²) >= 11 is 1.34. The highest BCUT2D eigenvalue weighted by Gasteiger charge is 2.26. The summed E-state index contributed by atoms with van der Waals surface area (Å²) in [6, 6.07) is 9.07. The van der Waals surface area contributed by atoms with Crippen LogP contribution in [0.1, 0.15) is 25.2 Å². The van der Waals surface area contributed by atoms with Gasteiger partial charge in [-0.1, -0.05) is 18.2 Å². The maximum atomic E-state index is 12.7. The molecular formula is C19H19N5O5S2. The van der Waals surface area contributed by atoms with Gasteiger partial charge in [0.25, 0.3) is 5.69 Å². The topological polar surface area (TPSA) is 132 Å². The molecule has 0 radical (unpaired) electrons. The third kappa shape index (κ3) is 4.92. The number of nitro groups is 1. The monoisotopic (exact) mass is 461 g/mol. The fraction of sp³-hybridized carbons (Fsp3) is 0.316. The molecule has 1 aliphatic rings. The number of sulfonamides is 1. The average Bonchev–Trinajstić information content (AvgIpc) is 3.28. The molecule has 0 atom stereocenters. The fourth-order valence-corrected chi connectivity index (χ4v) is 5.29. The Kier molecular flexibility index (Phi) is 6.30. The van der Waals surface area contributed by atoms with Crippen LogP contribution in [-0.2, 0) is 15.8 Å². The standard InChI is InChI=1S/C19H19N5O5S2/c25-24(26)15-6-4-14(5-7-15)19-22-21-17(29-19)13-30-18-9-8-16(12-20-18)31(27,28)23-10-2-1-3-11-23/h4-9,12H,1-3,10-11,13H2. The number of nitrogens with zero attached hydrogens (tertiary/aromatic N) is 5. The predicted octanol–water partition coefficient (Wildman–Crippen LogP) is 3.51. The van der Waals surface area contributed by atoms with Gasteiger partial charge >= 0.3 is 0 Å². The number of benzene rings is 1. The molecule has 0 amide bonds. The highest BCUT2D eigenvalue weighted by molar-refractivity contribution is 7.98. The normalized spacial score (nSPS) is 15.1. The van der Waals surface area contributed by atoms with Gasteiger partial charge in [0, 0.05) is 37.0 Å². The van der Waals surface area contributed by atoms with Crippen molar-refractivity contribution in [3.63, 3.8) is 0 Å². The minimum absolute atomic E-state index is 0.0177. The molecular weight excluding hydrogens is 442 g/mol. The van der Waals surface area contributed by atoms with E-state index in [1.807, 2.05) is 0 Å². The summed E-state index contributed by atoms with van der Waals surface area (Å²) in [5, 5.41) is 19.3. The van der Waals surface area contributed by atoms with Gasteiger partial charge < -0.3 is 4.42 Å². The third-order valence-electron chi connectivity index (χ3n) is 4.80. The Labute approximate surface area is 182 Å². The molecule has 31 heavy (non-hydrogen) atoms. The third-order valence-corrected chi connectivity index (χ3v) is 7.61. The molecule has 162 valence electrons. The van der Waals surface area contributed by atoms with E-state index in [-0.39, 0.29) is 16.5 Å². The summed E-state index contributed by atoms with van der Waals surface area (Å²) < 4.78 is 32.5.